The van der Waals surface area contributed by atoms with Gasteiger partial charge in [-0.25, -0.2) is 9.78 Å². The number of benzene rings is 2. The van der Waals surface area contributed by atoms with Crippen LogP contribution in [-0.4, -0.2) is 38.1 Å². The summed E-state index contributed by atoms with van der Waals surface area (Å²) in [5.74, 6) is -2.53. The summed E-state index contributed by atoms with van der Waals surface area (Å²) in [5, 5.41) is 7.12. The summed E-state index contributed by atoms with van der Waals surface area (Å²) in [5.41, 5.74) is 10.4. The van der Waals surface area contributed by atoms with Gasteiger partial charge in [-0.2, -0.15) is 13.2 Å². The Hall–Kier alpha value is -4.21. The van der Waals surface area contributed by atoms with E-state index in [1.165, 1.54) is 0 Å². The number of pyridine rings is 1. The van der Waals surface area contributed by atoms with Crippen LogP contribution in [0.3, 0.4) is 0 Å². The molecule has 0 aliphatic carbocycles. The first-order chi connectivity index (χ1) is 14.7. The van der Waals surface area contributed by atoms with Crippen LogP contribution in [0.4, 0.5) is 13.2 Å². The van der Waals surface area contributed by atoms with E-state index in [2.05, 4.69) is 15.0 Å². The van der Waals surface area contributed by atoms with Gasteiger partial charge in [0.25, 0.3) is 5.91 Å². The number of alkyl halides is 3. The third kappa shape index (κ3) is 5.04. The number of imidazole rings is 1. The normalized spacial score (nSPS) is 10.9. The molecule has 0 saturated carbocycles. The molecule has 2 aromatic carbocycles. The van der Waals surface area contributed by atoms with Crippen LogP contribution in [0.5, 0.6) is 0 Å². The Labute approximate surface area is 173 Å². The van der Waals surface area contributed by atoms with E-state index in [1.54, 1.807) is 24.5 Å². The minimum atomic E-state index is -5.08. The van der Waals surface area contributed by atoms with Crippen LogP contribution in [0.25, 0.3) is 33.5 Å². The van der Waals surface area contributed by atoms with Gasteiger partial charge in [-0.3, -0.25) is 9.78 Å². The number of H-pyrrole nitrogens is 1. The maximum atomic E-state index is 11.5. The summed E-state index contributed by atoms with van der Waals surface area (Å²) in [7, 11) is 0. The SMILES string of the molecule is NC(=O)c1cccc2[nH]c(-c3ccc(-c4ccncc4)cc3)nc12.O=C(O)C(F)(F)F. The van der Waals surface area contributed by atoms with Crippen molar-refractivity contribution in [3.63, 3.8) is 0 Å². The third-order valence-corrected chi connectivity index (χ3v) is 4.19. The summed E-state index contributed by atoms with van der Waals surface area (Å²) in [4.78, 5) is 32.2. The molecular weight excluding hydrogens is 413 g/mol. The van der Waals surface area contributed by atoms with Crippen molar-refractivity contribution >= 4 is 22.9 Å². The molecule has 2 aromatic heterocycles. The van der Waals surface area contributed by atoms with E-state index in [0.717, 1.165) is 22.2 Å². The quantitative estimate of drug-likeness (QED) is 0.455. The molecule has 1 amide bonds. The number of nitrogens with two attached hydrogens (primary N) is 1. The Balaban J connectivity index is 0.000000339. The van der Waals surface area contributed by atoms with E-state index in [-0.39, 0.29) is 0 Å². The Kier molecular flexibility index (Phi) is 6.00. The molecule has 2 heterocycles. The molecule has 4 N–H and O–H groups in total. The molecule has 0 radical (unpaired) electrons. The molecule has 0 aliphatic heterocycles. The van der Waals surface area contributed by atoms with Crippen molar-refractivity contribution in [2.24, 2.45) is 5.73 Å². The number of nitrogens with zero attached hydrogens (tertiary/aromatic N) is 2. The smallest absolute Gasteiger partial charge is 0.475 e. The number of nitrogens with one attached hydrogen (secondary N) is 1. The van der Waals surface area contributed by atoms with Crippen LogP contribution in [0.1, 0.15) is 10.4 Å². The monoisotopic (exact) mass is 428 g/mol. The predicted molar refractivity (Wildman–Crippen MR) is 107 cm³/mol. The number of carbonyl (C=O) groups is 2. The fourth-order valence-corrected chi connectivity index (χ4v) is 2.73. The lowest BCUT2D eigenvalue weighted by molar-refractivity contribution is -0.192. The highest BCUT2D eigenvalue weighted by molar-refractivity contribution is 6.04. The molecule has 0 atom stereocenters. The lowest BCUT2D eigenvalue weighted by atomic mass is 10.1. The molecule has 0 aliphatic rings. The highest BCUT2D eigenvalue weighted by Gasteiger charge is 2.38. The molecule has 0 unspecified atom stereocenters. The van der Waals surface area contributed by atoms with E-state index in [4.69, 9.17) is 15.6 Å². The summed E-state index contributed by atoms with van der Waals surface area (Å²) in [6, 6.07) is 17.3. The zero-order chi connectivity index (χ0) is 22.6. The third-order valence-electron chi connectivity index (χ3n) is 4.19. The van der Waals surface area contributed by atoms with E-state index in [0.29, 0.717) is 16.9 Å². The van der Waals surface area contributed by atoms with Crippen molar-refractivity contribution in [2.75, 3.05) is 0 Å². The number of para-hydroxylation sites is 1. The zero-order valence-corrected chi connectivity index (χ0v) is 15.7. The number of carbonyl (C=O) groups excluding carboxylic acids is 1. The molecule has 0 saturated heterocycles. The number of hydrogen-bond donors (Lipinski definition) is 3. The first-order valence-corrected chi connectivity index (χ1v) is 8.76. The van der Waals surface area contributed by atoms with Crippen molar-refractivity contribution < 1.29 is 27.9 Å². The second-order valence-corrected chi connectivity index (χ2v) is 6.27. The Morgan fingerprint density at radius 3 is 2.00 bits per heavy atom. The molecule has 0 spiro atoms. The van der Waals surface area contributed by atoms with Crippen LogP contribution in [0, 0.1) is 0 Å². The average molecular weight is 428 g/mol. The standard InChI is InChI=1S/C19H14N4O.C2HF3O2/c20-18(24)15-2-1-3-16-17(15)23-19(22-16)14-6-4-12(5-7-14)13-8-10-21-11-9-13;3-2(4,5)1(6)7/h1-11H,(H2,20,24)(H,22,23);(H,6,7). The van der Waals surface area contributed by atoms with Crippen LogP contribution in [0.15, 0.2) is 67.0 Å². The van der Waals surface area contributed by atoms with Gasteiger partial charge in [0, 0.05) is 18.0 Å². The average Bonchev–Trinajstić information content (AvgIpc) is 3.18. The maximum absolute atomic E-state index is 11.5. The van der Waals surface area contributed by atoms with Crippen LogP contribution in [0.2, 0.25) is 0 Å². The van der Waals surface area contributed by atoms with Crippen molar-refractivity contribution in [3.8, 4) is 22.5 Å². The van der Waals surface area contributed by atoms with Crippen LogP contribution >= 0.6 is 0 Å². The molecule has 4 rings (SSSR count). The summed E-state index contributed by atoms with van der Waals surface area (Å²) >= 11 is 0. The number of aromatic nitrogens is 3. The minimum absolute atomic E-state index is 0.420. The van der Waals surface area contributed by atoms with Gasteiger partial charge in [0.05, 0.1) is 11.1 Å². The van der Waals surface area contributed by atoms with Crippen molar-refractivity contribution in [3.05, 3.63) is 72.6 Å². The molecule has 158 valence electrons. The number of carboxylic acid groups (broad SMARTS) is 1. The van der Waals surface area contributed by atoms with Crippen LogP contribution < -0.4 is 5.73 Å². The lowest BCUT2D eigenvalue weighted by Crippen LogP contribution is -2.21. The molecular formula is C21H15F3N4O3. The molecule has 10 heteroatoms. The highest BCUT2D eigenvalue weighted by Crippen LogP contribution is 2.25. The Bertz CT molecular complexity index is 1220. The summed E-state index contributed by atoms with van der Waals surface area (Å²) < 4.78 is 31.7. The number of aliphatic carboxylic acids is 1. The lowest BCUT2D eigenvalue weighted by Gasteiger charge is -2.02. The van der Waals surface area contributed by atoms with Gasteiger partial charge in [0.15, 0.2) is 0 Å². The number of carboxylic acids is 1. The number of aromatic amines is 1. The Morgan fingerprint density at radius 2 is 1.45 bits per heavy atom. The Morgan fingerprint density at radius 1 is 0.903 bits per heavy atom. The van der Waals surface area contributed by atoms with Gasteiger partial charge < -0.3 is 15.8 Å². The number of amides is 1. The van der Waals surface area contributed by atoms with Gasteiger partial charge in [0.2, 0.25) is 0 Å². The maximum Gasteiger partial charge on any atom is 0.490 e. The first-order valence-electron chi connectivity index (χ1n) is 8.76. The number of primary amides is 1. The number of fused-ring (bicyclic) bond motifs is 1. The van der Waals surface area contributed by atoms with Gasteiger partial charge in [-0.05, 0) is 35.4 Å². The summed E-state index contributed by atoms with van der Waals surface area (Å²) in [6.45, 7) is 0. The van der Waals surface area contributed by atoms with Crippen molar-refractivity contribution in [1.29, 1.82) is 0 Å². The van der Waals surface area contributed by atoms with Gasteiger partial charge in [-0.15, -0.1) is 0 Å². The topological polar surface area (TPSA) is 122 Å². The number of hydrogen-bond acceptors (Lipinski definition) is 4. The molecule has 0 bridgehead atoms. The fraction of sp³-hybridized carbons (Fsp3) is 0.0476. The minimum Gasteiger partial charge on any atom is -0.475 e. The van der Waals surface area contributed by atoms with Crippen molar-refractivity contribution in [1.82, 2.24) is 15.0 Å². The highest BCUT2D eigenvalue weighted by atomic mass is 19.4. The van der Waals surface area contributed by atoms with Crippen molar-refractivity contribution in [2.45, 2.75) is 6.18 Å². The zero-order valence-electron chi connectivity index (χ0n) is 15.7. The van der Waals surface area contributed by atoms with Crippen LogP contribution in [-0.2, 0) is 4.79 Å². The predicted octanol–water partition coefficient (Wildman–Crippen LogP) is 4.02. The van der Waals surface area contributed by atoms with E-state index in [9.17, 15) is 18.0 Å². The second kappa shape index (κ2) is 8.66. The van der Waals surface area contributed by atoms with Gasteiger partial charge in [-0.1, -0.05) is 30.3 Å². The molecule has 0 fully saturated rings. The molecule has 7 nitrogen and oxygen atoms in total. The molecule has 31 heavy (non-hydrogen) atoms. The van der Waals surface area contributed by atoms with E-state index in [1.807, 2.05) is 42.5 Å². The van der Waals surface area contributed by atoms with E-state index >= 15 is 0 Å². The van der Waals surface area contributed by atoms with E-state index < -0.39 is 18.1 Å². The summed E-state index contributed by atoms with van der Waals surface area (Å²) in [6.07, 6.45) is -1.54. The first kappa shape index (κ1) is 21.5. The van der Waals surface area contributed by atoms with Gasteiger partial charge in [0.1, 0.15) is 11.3 Å². The molecule has 4 aromatic rings. The number of halogens is 3. The van der Waals surface area contributed by atoms with Gasteiger partial charge >= 0.3 is 12.1 Å². The fourth-order valence-electron chi connectivity index (χ4n) is 2.73. The number of rotatable bonds is 3. The largest absolute Gasteiger partial charge is 0.490 e. The second-order valence-electron chi connectivity index (χ2n) is 6.27.